The largest absolute Gasteiger partial charge is 0.327 e. The average molecular weight is 206 g/mol. The third kappa shape index (κ3) is 5.53. The Morgan fingerprint density at radius 2 is 2.07 bits per heavy atom. The molecule has 1 aromatic heterocycles. The topological polar surface area (TPSA) is 38.9 Å². The van der Waals surface area contributed by atoms with E-state index in [1.54, 1.807) is 0 Å². The molecule has 0 fully saturated rings. The smallest absolute Gasteiger partial charge is 0.0419 e. The van der Waals surface area contributed by atoms with Crippen molar-refractivity contribution in [3.8, 4) is 0 Å². The van der Waals surface area contributed by atoms with Crippen molar-refractivity contribution in [1.29, 1.82) is 0 Å². The van der Waals surface area contributed by atoms with Crippen LogP contribution in [0.3, 0.4) is 0 Å². The zero-order valence-corrected chi connectivity index (χ0v) is 9.82. The molecule has 0 saturated carbocycles. The fraction of sp³-hybridized carbons (Fsp3) is 0.615. The lowest BCUT2D eigenvalue weighted by Gasteiger charge is -2.11. The van der Waals surface area contributed by atoms with Crippen LogP contribution in [-0.2, 0) is 6.42 Å². The molecule has 1 atom stereocenters. The Balaban J connectivity index is 2.21. The standard InChI is InChI=1S/C13H22N2/c1-11(2)6-5-7-12(14)10-13-8-3-4-9-15-13/h3-4,8-9,11-12H,5-7,10,14H2,1-2H3. The number of aromatic nitrogens is 1. The van der Waals surface area contributed by atoms with Gasteiger partial charge in [-0.3, -0.25) is 4.98 Å². The molecular weight excluding hydrogens is 184 g/mol. The molecule has 15 heavy (non-hydrogen) atoms. The predicted molar refractivity (Wildman–Crippen MR) is 64.6 cm³/mol. The second kappa shape index (κ2) is 6.57. The van der Waals surface area contributed by atoms with Crippen molar-refractivity contribution < 1.29 is 0 Å². The zero-order chi connectivity index (χ0) is 11.1. The van der Waals surface area contributed by atoms with E-state index in [0.29, 0.717) is 0 Å². The zero-order valence-electron chi connectivity index (χ0n) is 9.82. The van der Waals surface area contributed by atoms with Gasteiger partial charge in [-0.25, -0.2) is 0 Å². The van der Waals surface area contributed by atoms with Crippen LogP contribution in [0.25, 0.3) is 0 Å². The van der Waals surface area contributed by atoms with E-state index in [2.05, 4.69) is 18.8 Å². The molecule has 0 aromatic carbocycles. The minimum Gasteiger partial charge on any atom is -0.327 e. The van der Waals surface area contributed by atoms with Crippen molar-refractivity contribution in [2.75, 3.05) is 0 Å². The number of nitrogens with zero attached hydrogens (tertiary/aromatic N) is 1. The number of hydrogen-bond donors (Lipinski definition) is 1. The number of rotatable bonds is 6. The van der Waals surface area contributed by atoms with Gasteiger partial charge in [-0.05, 0) is 24.5 Å². The second-order valence-corrected chi connectivity index (χ2v) is 4.61. The van der Waals surface area contributed by atoms with Gasteiger partial charge in [0.25, 0.3) is 0 Å². The Morgan fingerprint density at radius 3 is 2.67 bits per heavy atom. The van der Waals surface area contributed by atoms with Crippen LogP contribution in [0, 0.1) is 5.92 Å². The summed E-state index contributed by atoms with van der Waals surface area (Å²) in [6, 6.07) is 6.26. The van der Waals surface area contributed by atoms with E-state index in [4.69, 9.17) is 5.73 Å². The average Bonchev–Trinajstić information content (AvgIpc) is 2.18. The van der Waals surface area contributed by atoms with Gasteiger partial charge in [0.05, 0.1) is 0 Å². The SMILES string of the molecule is CC(C)CCCC(N)Cc1ccccn1. The number of pyridine rings is 1. The Kier molecular flexibility index (Phi) is 5.33. The molecule has 0 aliphatic heterocycles. The summed E-state index contributed by atoms with van der Waals surface area (Å²) in [6.45, 7) is 4.51. The molecule has 1 heterocycles. The summed E-state index contributed by atoms with van der Waals surface area (Å²) in [4.78, 5) is 4.28. The summed E-state index contributed by atoms with van der Waals surface area (Å²) in [6.07, 6.45) is 6.34. The van der Waals surface area contributed by atoms with Gasteiger partial charge in [0.15, 0.2) is 0 Å². The first-order valence-corrected chi connectivity index (χ1v) is 5.84. The molecule has 1 aromatic rings. The first kappa shape index (κ1) is 12.2. The third-order valence-corrected chi connectivity index (χ3v) is 2.55. The molecule has 0 spiro atoms. The van der Waals surface area contributed by atoms with Gasteiger partial charge in [-0.15, -0.1) is 0 Å². The van der Waals surface area contributed by atoms with E-state index in [9.17, 15) is 0 Å². The maximum Gasteiger partial charge on any atom is 0.0419 e. The van der Waals surface area contributed by atoms with Gasteiger partial charge in [0.1, 0.15) is 0 Å². The van der Waals surface area contributed by atoms with Crippen LogP contribution in [0.1, 0.15) is 38.8 Å². The van der Waals surface area contributed by atoms with E-state index in [0.717, 1.165) is 24.5 Å². The lowest BCUT2D eigenvalue weighted by Crippen LogP contribution is -2.23. The van der Waals surface area contributed by atoms with E-state index >= 15 is 0 Å². The fourth-order valence-corrected chi connectivity index (χ4v) is 1.68. The van der Waals surface area contributed by atoms with E-state index < -0.39 is 0 Å². The highest BCUT2D eigenvalue weighted by atomic mass is 14.7. The molecule has 0 radical (unpaired) electrons. The molecule has 84 valence electrons. The van der Waals surface area contributed by atoms with E-state index in [1.807, 2.05) is 24.4 Å². The first-order valence-electron chi connectivity index (χ1n) is 5.84. The van der Waals surface area contributed by atoms with Gasteiger partial charge in [0, 0.05) is 24.4 Å². The summed E-state index contributed by atoms with van der Waals surface area (Å²) in [5.41, 5.74) is 7.16. The highest BCUT2D eigenvalue weighted by Gasteiger charge is 2.05. The Hall–Kier alpha value is -0.890. The minimum absolute atomic E-state index is 0.263. The van der Waals surface area contributed by atoms with Crippen LogP contribution in [0.2, 0.25) is 0 Å². The quantitative estimate of drug-likeness (QED) is 0.777. The van der Waals surface area contributed by atoms with Crippen LogP contribution in [-0.4, -0.2) is 11.0 Å². The highest BCUT2D eigenvalue weighted by molar-refractivity contribution is 5.04. The molecule has 1 rings (SSSR count). The Labute approximate surface area is 92.9 Å². The van der Waals surface area contributed by atoms with Gasteiger partial charge in [0.2, 0.25) is 0 Å². The van der Waals surface area contributed by atoms with Gasteiger partial charge >= 0.3 is 0 Å². The summed E-state index contributed by atoms with van der Waals surface area (Å²) in [7, 11) is 0. The van der Waals surface area contributed by atoms with Gasteiger partial charge < -0.3 is 5.73 Å². The summed E-state index contributed by atoms with van der Waals surface area (Å²) in [5, 5.41) is 0. The van der Waals surface area contributed by atoms with Crippen molar-refractivity contribution >= 4 is 0 Å². The third-order valence-electron chi connectivity index (χ3n) is 2.55. The molecule has 2 nitrogen and oxygen atoms in total. The minimum atomic E-state index is 0.263. The lowest BCUT2D eigenvalue weighted by atomic mass is 10.0. The molecule has 0 aliphatic rings. The number of nitrogens with two attached hydrogens (primary N) is 1. The molecule has 1 unspecified atom stereocenters. The molecule has 0 amide bonds. The van der Waals surface area contributed by atoms with Crippen molar-refractivity contribution in [2.24, 2.45) is 11.7 Å². The van der Waals surface area contributed by atoms with E-state index in [-0.39, 0.29) is 6.04 Å². The summed E-state index contributed by atoms with van der Waals surface area (Å²) < 4.78 is 0. The molecule has 0 bridgehead atoms. The Morgan fingerprint density at radius 1 is 1.27 bits per heavy atom. The number of hydrogen-bond acceptors (Lipinski definition) is 2. The lowest BCUT2D eigenvalue weighted by molar-refractivity contribution is 0.494. The second-order valence-electron chi connectivity index (χ2n) is 4.61. The maximum atomic E-state index is 6.05. The maximum absolute atomic E-state index is 6.05. The molecule has 2 heteroatoms. The normalized spacial score (nSPS) is 13.1. The van der Waals surface area contributed by atoms with Crippen molar-refractivity contribution in [1.82, 2.24) is 4.98 Å². The molecule has 0 aliphatic carbocycles. The van der Waals surface area contributed by atoms with Crippen molar-refractivity contribution in [2.45, 2.75) is 45.6 Å². The molecular formula is C13H22N2. The van der Waals surface area contributed by atoms with Crippen molar-refractivity contribution in [3.63, 3.8) is 0 Å². The summed E-state index contributed by atoms with van der Waals surface area (Å²) >= 11 is 0. The van der Waals surface area contributed by atoms with Crippen LogP contribution in [0.5, 0.6) is 0 Å². The predicted octanol–water partition coefficient (Wildman–Crippen LogP) is 2.78. The highest BCUT2D eigenvalue weighted by Crippen LogP contribution is 2.09. The van der Waals surface area contributed by atoms with Crippen LogP contribution >= 0.6 is 0 Å². The van der Waals surface area contributed by atoms with Crippen LogP contribution < -0.4 is 5.73 Å². The van der Waals surface area contributed by atoms with E-state index in [1.165, 1.54) is 12.8 Å². The monoisotopic (exact) mass is 206 g/mol. The van der Waals surface area contributed by atoms with Crippen LogP contribution in [0.15, 0.2) is 24.4 Å². The first-order chi connectivity index (χ1) is 7.18. The molecule has 2 N–H and O–H groups in total. The Bertz CT molecular complexity index is 256. The van der Waals surface area contributed by atoms with Gasteiger partial charge in [-0.1, -0.05) is 32.8 Å². The summed E-state index contributed by atoms with van der Waals surface area (Å²) in [5.74, 6) is 0.784. The van der Waals surface area contributed by atoms with Crippen LogP contribution in [0.4, 0.5) is 0 Å². The fourth-order valence-electron chi connectivity index (χ4n) is 1.68. The van der Waals surface area contributed by atoms with Gasteiger partial charge in [-0.2, -0.15) is 0 Å². The molecule has 0 saturated heterocycles. The van der Waals surface area contributed by atoms with Crippen molar-refractivity contribution in [3.05, 3.63) is 30.1 Å².